The lowest BCUT2D eigenvalue weighted by Crippen LogP contribution is -2.56. The molecular weight excluding hydrogens is 490 g/mol. The molecule has 0 heterocycles. The van der Waals surface area contributed by atoms with Crippen LogP contribution in [0.25, 0.3) is 0 Å². The lowest BCUT2D eigenvalue weighted by Gasteiger charge is -2.38. The van der Waals surface area contributed by atoms with E-state index in [0.29, 0.717) is 13.0 Å². The van der Waals surface area contributed by atoms with Crippen molar-refractivity contribution in [1.82, 2.24) is 15.5 Å². The van der Waals surface area contributed by atoms with Crippen LogP contribution in [0.4, 0.5) is 4.79 Å². The maximum atomic E-state index is 14.4. The van der Waals surface area contributed by atoms with Crippen LogP contribution in [-0.4, -0.2) is 47.0 Å². The fourth-order valence-corrected chi connectivity index (χ4v) is 4.44. The molecule has 3 unspecified atom stereocenters. The summed E-state index contributed by atoms with van der Waals surface area (Å²) in [5, 5.41) is 5.88. The average Bonchev–Trinajstić information content (AvgIpc) is 2.88. The first kappa shape index (κ1) is 31.9. The molecule has 0 saturated heterocycles. The van der Waals surface area contributed by atoms with E-state index < -0.39 is 23.8 Å². The topological polar surface area (TPSA) is 87.7 Å². The van der Waals surface area contributed by atoms with Gasteiger partial charge in [-0.2, -0.15) is 0 Å². The van der Waals surface area contributed by atoms with Gasteiger partial charge in [0.2, 0.25) is 11.8 Å². The third kappa shape index (κ3) is 10.4. The number of ether oxygens (including phenoxy) is 1. The predicted molar refractivity (Wildman–Crippen MR) is 156 cm³/mol. The summed E-state index contributed by atoms with van der Waals surface area (Å²) >= 11 is 0. The van der Waals surface area contributed by atoms with Gasteiger partial charge < -0.3 is 20.3 Å². The number of alkyl carbamates (subject to hydrolysis) is 1. The van der Waals surface area contributed by atoms with Gasteiger partial charge in [0, 0.05) is 19.0 Å². The Morgan fingerprint density at radius 3 is 2.26 bits per heavy atom. The van der Waals surface area contributed by atoms with E-state index in [-0.39, 0.29) is 24.3 Å². The first-order valence-electron chi connectivity index (χ1n) is 14.2. The number of nitrogens with one attached hydrogen (secondary N) is 2. The Hall–Kier alpha value is -3.35. The summed E-state index contributed by atoms with van der Waals surface area (Å²) in [5.74, 6) is -0.546. The van der Waals surface area contributed by atoms with Gasteiger partial charge in [-0.25, -0.2) is 4.79 Å². The van der Waals surface area contributed by atoms with Crippen molar-refractivity contribution in [3.05, 3.63) is 71.3 Å². The third-order valence-corrected chi connectivity index (χ3v) is 6.56. The van der Waals surface area contributed by atoms with E-state index in [4.69, 9.17) is 4.74 Å². The lowest BCUT2D eigenvalue weighted by atomic mass is 9.97. The van der Waals surface area contributed by atoms with Crippen LogP contribution in [0.1, 0.15) is 90.0 Å². The molecular formula is C32H47N3O4. The second-order valence-corrected chi connectivity index (χ2v) is 11.2. The number of hydrogen-bond donors (Lipinski definition) is 2. The van der Waals surface area contributed by atoms with E-state index in [0.717, 1.165) is 36.0 Å². The zero-order valence-electron chi connectivity index (χ0n) is 24.8. The molecule has 2 aromatic rings. The van der Waals surface area contributed by atoms with Gasteiger partial charge in [0.25, 0.3) is 0 Å². The number of rotatable bonds is 13. The van der Waals surface area contributed by atoms with Gasteiger partial charge in [-0.3, -0.25) is 9.59 Å². The Kier molecular flexibility index (Phi) is 12.5. The number of carbonyl (C=O) groups is 3. The predicted octanol–water partition coefficient (Wildman–Crippen LogP) is 6.11. The molecule has 0 bridgehead atoms. The summed E-state index contributed by atoms with van der Waals surface area (Å²) < 4.78 is 5.51. The van der Waals surface area contributed by atoms with E-state index in [1.807, 2.05) is 75.4 Å². The quantitative estimate of drug-likeness (QED) is 0.302. The van der Waals surface area contributed by atoms with Crippen LogP contribution in [0.2, 0.25) is 0 Å². The van der Waals surface area contributed by atoms with Crippen LogP contribution in [0, 0.1) is 6.92 Å². The number of carbonyl (C=O) groups excluding carboxylic acids is 3. The number of aryl methyl sites for hydroxylation is 1. The Labute approximate surface area is 234 Å². The van der Waals surface area contributed by atoms with Crippen molar-refractivity contribution in [1.29, 1.82) is 0 Å². The monoisotopic (exact) mass is 537 g/mol. The highest BCUT2D eigenvalue weighted by atomic mass is 16.6. The lowest BCUT2D eigenvalue weighted by molar-refractivity contribution is -0.145. The second-order valence-electron chi connectivity index (χ2n) is 11.2. The molecule has 0 radical (unpaired) electrons. The van der Waals surface area contributed by atoms with Crippen molar-refractivity contribution in [3.8, 4) is 0 Å². The molecule has 0 aliphatic carbocycles. The van der Waals surface area contributed by atoms with Crippen molar-refractivity contribution in [2.24, 2.45) is 0 Å². The largest absolute Gasteiger partial charge is 0.444 e. The summed E-state index contributed by atoms with van der Waals surface area (Å²) in [5.41, 5.74) is 1.92. The highest BCUT2D eigenvalue weighted by Crippen LogP contribution is 2.27. The Morgan fingerprint density at radius 2 is 1.67 bits per heavy atom. The number of nitrogens with zero attached hydrogens (tertiary/aromatic N) is 1. The minimum atomic E-state index is -0.920. The van der Waals surface area contributed by atoms with Crippen molar-refractivity contribution >= 4 is 17.9 Å². The summed E-state index contributed by atoms with van der Waals surface area (Å²) in [7, 11) is 0. The molecule has 2 rings (SSSR count). The van der Waals surface area contributed by atoms with Gasteiger partial charge in [0.1, 0.15) is 17.7 Å². The van der Waals surface area contributed by atoms with Gasteiger partial charge in [-0.1, -0.05) is 86.8 Å². The van der Waals surface area contributed by atoms with Crippen molar-refractivity contribution in [3.63, 3.8) is 0 Å². The van der Waals surface area contributed by atoms with Crippen LogP contribution in [0.5, 0.6) is 0 Å². The standard InChI is InChI=1S/C32H47N3O4/c1-8-10-14-20-33-29(36)28(26-19-15-16-23(3)21-26)35(24(4)9-2)30(37)27(22-25-17-12-11-13-18-25)34-31(38)39-32(5,6)7/h11-13,15-19,21,24,27-28H,8-10,14,20,22H2,1-7H3,(H,33,36)(H,34,38). The Balaban J connectivity index is 2.52. The fraction of sp³-hybridized carbons (Fsp3) is 0.531. The van der Waals surface area contributed by atoms with Gasteiger partial charge in [0.05, 0.1) is 0 Å². The number of unbranched alkanes of at least 4 members (excludes halogenated alkanes) is 2. The molecule has 214 valence electrons. The maximum absolute atomic E-state index is 14.4. The maximum Gasteiger partial charge on any atom is 0.408 e. The SMILES string of the molecule is CCCCCNC(=O)C(c1cccc(C)c1)N(C(=O)C(Cc1ccccc1)NC(=O)OC(C)(C)C)C(C)CC. The zero-order chi connectivity index (χ0) is 29.0. The highest BCUT2D eigenvalue weighted by Gasteiger charge is 2.38. The van der Waals surface area contributed by atoms with Gasteiger partial charge in [0.15, 0.2) is 0 Å². The van der Waals surface area contributed by atoms with Crippen molar-refractivity contribution in [2.75, 3.05) is 6.54 Å². The number of hydrogen-bond acceptors (Lipinski definition) is 4. The molecule has 0 saturated carbocycles. The third-order valence-electron chi connectivity index (χ3n) is 6.56. The zero-order valence-corrected chi connectivity index (χ0v) is 24.8. The van der Waals surface area contributed by atoms with Gasteiger partial charge in [-0.15, -0.1) is 0 Å². The molecule has 0 fully saturated rings. The van der Waals surface area contributed by atoms with Gasteiger partial charge >= 0.3 is 6.09 Å². The summed E-state index contributed by atoms with van der Waals surface area (Å²) in [6.45, 7) is 13.9. The van der Waals surface area contributed by atoms with Crippen LogP contribution < -0.4 is 10.6 Å². The van der Waals surface area contributed by atoms with Crippen LogP contribution >= 0.6 is 0 Å². The molecule has 0 aliphatic heterocycles. The first-order valence-corrected chi connectivity index (χ1v) is 14.2. The van der Waals surface area contributed by atoms with E-state index in [1.54, 1.807) is 25.7 Å². The minimum Gasteiger partial charge on any atom is -0.444 e. The molecule has 2 aromatic carbocycles. The van der Waals surface area contributed by atoms with E-state index in [9.17, 15) is 14.4 Å². The van der Waals surface area contributed by atoms with Crippen molar-refractivity contribution in [2.45, 2.75) is 104 Å². The molecule has 3 atom stereocenters. The van der Waals surface area contributed by atoms with Gasteiger partial charge in [-0.05, 0) is 58.6 Å². The molecule has 0 aliphatic rings. The summed E-state index contributed by atoms with van der Waals surface area (Å²) in [4.78, 5) is 42.7. The average molecular weight is 538 g/mol. The molecule has 0 aromatic heterocycles. The summed E-state index contributed by atoms with van der Waals surface area (Å²) in [6, 6.07) is 15.2. The summed E-state index contributed by atoms with van der Waals surface area (Å²) in [6.07, 6.45) is 3.18. The number of benzene rings is 2. The molecule has 7 nitrogen and oxygen atoms in total. The Morgan fingerprint density at radius 1 is 0.974 bits per heavy atom. The molecule has 3 amide bonds. The van der Waals surface area contributed by atoms with Crippen molar-refractivity contribution < 1.29 is 19.1 Å². The van der Waals surface area contributed by atoms with Crippen LogP contribution in [-0.2, 0) is 20.7 Å². The minimum absolute atomic E-state index is 0.221. The molecule has 7 heteroatoms. The first-order chi connectivity index (χ1) is 18.5. The van der Waals surface area contributed by atoms with Crippen LogP contribution in [0.15, 0.2) is 54.6 Å². The van der Waals surface area contributed by atoms with E-state index >= 15 is 0 Å². The van der Waals surface area contributed by atoms with E-state index in [1.165, 1.54) is 0 Å². The molecule has 0 spiro atoms. The van der Waals surface area contributed by atoms with E-state index in [2.05, 4.69) is 17.6 Å². The second kappa shape index (κ2) is 15.3. The smallest absolute Gasteiger partial charge is 0.408 e. The number of amides is 3. The molecule has 2 N–H and O–H groups in total. The van der Waals surface area contributed by atoms with Crippen LogP contribution in [0.3, 0.4) is 0 Å². The normalized spacial score (nSPS) is 13.6. The Bertz CT molecular complexity index is 1060. The highest BCUT2D eigenvalue weighted by molar-refractivity contribution is 5.92. The fourth-order valence-electron chi connectivity index (χ4n) is 4.44. The molecule has 39 heavy (non-hydrogen) atoms.